The SMILES string of the molecule is CCC1c2nc(-c3ccc(C)cc3)c(-c3ccc(C)cc3)nc2N(CCCCCCC(=O)O)C1CC. The van der Waals surface area contributed by atoms with Gasteiger partial charge >= 0.3 is 5.97 Å². The normalized spacial score (nSPS) is 16.8. The molecule has 1 aliphatic rings. The van der Waals surface area contributed by atoms with E-state index in [4.69, 9.17) is 15.1 Å². The number of hydrogen-bond acceptors (Lipinski definition) is 4. The van der Waals surface area contributed by atoms with E-state index in [1.54, 1.807) is 0 Å². The molecule has 0 bridgehead atoms. The van der Waals surface area contributed by atoms with Crippen LogP contribution in [0.2, 0.25) is 0 Å². The lowest BCUT2D eigenvalue weighted by atomic mass is 9.94. The highest BCUT2D eigenvalue weighted by molar-refractivity contribution is 5.80. The zero-order chi connectivity index (χ0) is 25.7. The van der Waals surface area contributed by atoms with Crippen molar-refractivity contribution in [3.05, 3.63) is 65.4 Å². The lowest BCUT2D eigenvalue weighted by Crippen LogP contribution is -2.34. The van der Waals surface area contributed by atoms with E-state index in [0.717, 1.165) is 79.1 Å². The van der Waals surface area contributed by atoms with Crippen molar-refractivity contribution >= 4 is 11.8 Å². The number of unbranched alkanes of at least 4 members (excludes halogenated alkanes) is 3. The van der Waals surface area contributed by atoms with Crippen LogP contribution < -0.4 is 4.90 Å². The minimum Gasteiger partial charge on any atom is -0.481 e. The minimum atomic E-state index is -0.705. The van der Waals surface area contributed by atoms with Gasteiger partial charge in [-0.3, -0.25) is 4.79 Å². The molecule has 2 aromatic carbocycles. The molecule has 1 N–H and O–H groups in total. The molecule has 0 saturated carbocycles. The smallest absolute Gasteiger partial charge is 0.303 e. The molecule has 3 aromatic rings. The molecule has 5 heteroatoms. The number of carbonyl (C=O) groups is 1. The average molecular weight is 486 g/mol. The summed E-state index contributed by atoms with van der Waals surface area (Å²) in [5.74, 6) is 0.690. The first-order chi connectivity index (χ1) is 17.4. The van der Waals surface area contributed by atoms with E-state index in [-0.39, 0.29) is 6.42 Å². The summed E-state index contributed by atoms with van der Waals surface area (Å²) >= 11 is 0. The van der Waals surface area contributed by atoms with Crippen molar-refractivity contribution in [2.45, 2.75) is 84.6 Å². The van der Waals surface area contributed by atoms with Crippen LogP contribution in [-0.4, -0.2) is 33.6 Å². The van der Waals surface area contributed by atoms with E-state index in [1.165, 1.54) is 11.1 Å². The topological polar surface area (TPSA) is 66.3 Å². The summed E-state index contributed by atoms with van der Waals surface area (Å²) in [7, 11) is 0. The van der Waals surface area contributed by atoms with Gasteiger partial charge in [0.25, 0.3) is 0 Å². The van der Waals surface area contributed by atoms with Gasteiger partial charge in [-0.2, -0.15) is 0 Å². The Hall–Kier alpha value is -3.21. The van der Waals surface area contributed by atoms with Gasteiger partial charge in [0.05, 0.1) is 17.1 Å². The predicted octanol–water partition coefficient (Wildman–Crippen LogP) is 7.55. The quantitative estimate of drug-likeness (QED) is 0.284. The fraction of sp³-hybridized carbons (Fsp3) is 0.452. The molecule has 0 saturated heterocycles. The van der Waals surface area contributed by atoms with Crippen molar-refractivity contribution in [3.8, 4) is 22.5 Å². The fourth-order valence-electron chi connectivity index (χ4n) is 5.44. The fourth-order valence-corrected chi connectivity index (χ4v) is 5.44. The molecule has 190 valence electrons. The molecule has 1 aliphatic heterocycles. The molecule has 0 aliphatic carbocycles. The summed E-state index contributed by atoms with van der Waals surface area (Å²) in [6.07, 6.45) is 6.11. The Morgan fingerprint density at radius 2 is 1.36 bits per heavy atom. The zero-order valence-corrected chi connectivity index (χ0v) is 22.1. The Labute approximate surface area is 215 Å². The summed E-state index contributed by atoms with van der Waals surface area (Å²) in [5.41, 5.74) is 7.68. The Morgan fingerprint density at radius 1 is 0.806 bits per heavy atom. The lowest BCUT2D eigenvalue weighted by Gasteiger charge is -2.28. The van der Waals surface area contributed by atoms with Gasteiger partial charge in [0.2, 0.25) is 0 Å². The highest BCUT2D eigenvalue weighted by atomic mass is 16.4. The van der Waals surface area contributed by atoms with Gasteiger partial charge in [0.15, 0.2) is 5.82 Å². The first-order valence-corrected chi connectivity index (χ1v) is 13.5. The predicted molar refractivity (Wildman–Crippen MR) is 148 cm³/mol. The number of aliphatic carboxylic acids is 1. The van der Waals surface area contributed by atoms with Gasteiger partial charge in [-0.25, -0.2) is 9.97 Å². The van der Waals surface area contributed by atoms with Crippen molar-refractivity contribution in [3.63, 3.8) is 0 Å². The van der Waals surface area contributed by atoms with Crippen LogP contribution in [0.3, 0.4) is 0 Å². The molecule has 0 fully saturated rings. The van der Waals surface area contributed by atoms with Crippen molar-refractivity contribution in [2.75, 3.05) is 11.4 Å². The second-order valence-corrected chi connectivity index (χ2v) is 10.1. The standard InChI is InChI=1S/C31H39N3O2/c1-5-25-26(6-2)34(20-10-8-7-9-11-27(35)36)31-30(25)32-28(23-16-12-21(3)13-17-23)29(33-31)24-18-14-22(4)15-19-24/h12-19,25-26H,5-11,20H2,1-4H3,(H,35,36). The molecule has 0 radical (unpaired) electrons. The van der Waals surface area contributed by atoms with Gasteiger partial charge < -0.3 is 10.0 Å². The molecular weight excluding hydrogens is 446 g/mol. The number of carboxylic acids is 1. The molecule has 0 amide bonds. The third kappa shape index (κ3) is 5.61. The molecular formula is C31H39N3O2. The highest BCUT2D eigenvalue weighted by Crippen LogP contribution is 2.45. The van der Waals surface area contributed by atoms with Crippen LogP contribution in [0.4, 0.5) is 5.82 Å². The van der Waals surface area contributed by atoms with Crippen LogP contribution in [0.15, 0.2) is 48.5 Å². The van der Waals surface area contributed by atoms with E-state index in [1.807, 2.05) is 0 Å². The van der Waals surface area contributed by atoms with E-state index in [9.17, 15) is 4.79 Å². The molecule has 4 rings (SSSR count). The Bertz CT molecular complexity index is 1170. The largest absolute Gasteiger partial charge is 0.481 e. The van der Waals surface area contributed by atoms with Gasteiger partial charge in [0.1, 0.15) is 0 Å². The molecule has 2 heterocycles. The number of rotatable bonds is 11. The number of anilines is 1. The summed E-state index contributed by atoms with van der Waals surface area (Å²) in [6, 6.07) is 17.6. The molecule has 1 aromatic heterocycles. The number of nitrogens with zero attached hydrogens (tertiary/aromatic N) is 3. The van der Waals surface area contributed by atoms with Crippen molar-refractivity contribution in [1.29, 1.82) is 0 Å². The summed E-state index contributed by atoms with van der Waals surface area (Å²) in [4.78, 5) is 24.0. The first kappa shape index (κ1) is 25.9. The van der Waals surface area contributed by atoms with Gasteiger partial charge in [-0.05, 0) is 39.5 Å². The monoisotopic (exact) mass is 485 g/mol. The number of carboxylic acid groups (broad SMARTS) is 1. The molecule has 0 spiro atoms. The third-order valence-electron chi connectivity index (χ3n) is 7.44. The number of aromatic nitrogens is 2. The van der Waals surface area contributed by atoms with E-state index < -0.39 is 5.97 Å². The maximum absolute atomic E-state index is 10.8. The number of benzene rings is 2. The summed E-state index contributed by atoms with van der Waals surface area (Å²) in [6.45, 7) is 9.67. The van der Waals surface area contributed by atoms with Crippen LogP contribution in [0.25, 0.3) is 22.5 Å². The first-order valence-electron chi connectivity index (χ1n) is 13.5. The van der Waals surface area contributed by atoms with Crippen LogP contribution in [0, 0.1) is 13.8 Å². The average Bonchev–Trinajstić information content (AvgIpc) is 3.17. The Balaban J connectivity index is 1.72. The molecule has 5 nitrogen and oxygen atoms in total. The third-order valence-corrected chi connectivity index (χ3v) is 7.44. The molecule has 2 atom stereocenters. The number of hydrogen-bond donors (Lipinski definition) is 1. The number of fused-ring (bicyclic) bond motifs is 1. The van der Waals surface area contributed by atoms with Crippen LogP contribution >= 0.6 is 0 Å². The van der Waals surface area contributed by atoms with Crippen LogP contribution in [-0.2, 0) is 4.79 Å². The van der Waals surface area contributed by atoms with E-state index in [0.29, 0.717) is 12.0 Å². The van der Waals surface area contributed by atoms with Gasteiger partial charge in [0, 0.05) is 36.1 Å². The summed E-state index contributed by atoms with van der Waals surface area (Å²) < 4.78 is 0. The van der Waals surface area contributed by atoms with Gasteiger partial charge in [-0.15, -0.1) is 0 Å². The number of aryl methyl sites for hydroxylation is 2. The minimum absolute atomic E-state index is 0.259. The summed E-state index contributed by atoms with van der Waals surface area (Å²) in [5, 5.41) is 8.90. The van der Waals surface area contributed by atoms with Crippen LogP contribution in [0.5, 0.6) is 0 Å². The Kier molecular flexibility index (Phi) is 8.40. The van der Waals surface area contributed by atoms with E-state index in [2.05, 4.69) is 81.1 Å². The van der Waals surface area contributed by atoms with Crippen molar-refractivity contribution in [2.24, 2.45) is 0 Å². The van der Waals surface area contributed by atoms with Crippen molar-refractivity contribution < 1.29 is 9.90 Å². The highest BCUT2D eigenvalue weighted by Gasteiger charge is 2.39. The van der Waals surface area contributed by atoms with Crippen LogP contribution in [0.1, 0.15) is 81.5 Å². The van der Waals surface area contributed by atoms with Crippen molar-refractivity contribution in [1.82, 2.24) is 9.97 Å². The maximum atomic E-state index is 10.8. The van der Waals surface area contributed by atoms with Gasteiger partial charge in [-0.1, -0.05) is 86.3 Å². The molecule has 36 heavy (non-hydrogen) atoms. The Morgan fingerprint density at radius 3 is 1.89 bits per heavy atom. The zero-order valence-electron chi connectivity index (χ0n) is 22.1. The second kappa shape index (κ2) is 11.7. The van der Waals surface area contributed by atoms with E-state index >= 15 is 0 Å². The second-order valence-electron chi connectivity index (χ2n) is 10.1. The lowest BCUT2D eigenvalue weighted by molar-refractivity contribution is -0.137. The maximum Gasteiger partial charge on any atom is 0.303 e. The molecule has 2 unspecified atom stereocenters.